The van der Waals surface area contributed by atoms with Crippen molar-refractivity contribution in [3.8, 4) is 5.75 Å². The molecular weight excluding hydrogens is 268 g/mol. The molecule has 0 aromatic heterocycles. The fourth-order valence-electron chi connectivity index (χ4n) is 2.00. The van der Waals surface area contributed by atoms with Crippen LogP contribution in [-0.4, -0.2) is 18.4 Å². The molecule has 0 aliphatic heterocycles. The topological polar surface area (TPSA) is 67.4 Å². The summed E-state index contributed by atoms with van der Waals surface area (Å²) in [7, 11) is 0. The van der Waals surface area contributed by atoms with Crippen LogP contribution in [0.3, 0.4) is 0 Å². The van der Waals surface area contributed by atoms with E-state index < -0.39 is 0 Å². The maximum atomic E-state index is 11.7. The van der Waals surface area contributed by atoms with Gasteiger partial charge in [0.2, 0.25) is 5.91 Å². The lowest BCUT2D eigenvalue weighted by atomic mass is 9.98. The molecule has 1 aliphatic rings. The Morgan fingerprint density at radius 1 is 1.29 bits per heavy atom. The van der Waals surface area contributed by atoms with Gasteiger partial charge in [-0.25, -0.2) is 0 Å². The predicted octanol–water partition coefficient (Wildman–Crippen LogP) is 2.14. The van der Waals surface area contributed by atoms with Gasteiger partial charge in [0.1, 0.15) is 5.75 Å². The highest BCUT2D eigenvalue weighted by Crippen LogP contribution is 2.29. The standard InChI is InChI=1S/C16H22N2O3/c1-3-11(2)13-6-4-5-7-14(13)21-10-15(19)17-18-16(20)12-8-9-12/h4-7,11-12H,3,8-10H2,1-2H3,(H,17,19)(H,18,20). The molecule has 1 aromatic rings. The van der Waals surface area contributed by atoms with Crippen molar-refractivity contribution in [2.24, 2.45) is 5.92 Å². The number of carbonyl (C=O) groups excluding carboxylic acids is 2. The minimum atomic E-state index is -0.358. The Morgan fingerprint density at radius 3 is 2.67 bits per heavy atom. The number of nitrogens with one attached hydrogen (secondary N) is 2. The summed E-state index contributed by atoms with van der Waals surface area (Å²) in [5, 5.41) is 0. The number of hydrazine groups is 1. The summed E-state index contributed by atoms with van der Waals surface area (Å²) in [6.45, 7) is 4.12. The first-order chi connectivity index (χ1) is 10.1. The Morgan fingerprint density at radius 2 is 2.00 bits per heavy atom. The first-order valence-corrected chi connectivity index (χ1v) is 7.42. The largest absolute Gasteiger partial charge is 0.483 e. The number of rotatable bonds is 6. The second kappa shape index (κ2) is 7.11. The van der Waals surface area contributed by atoms with E-state index >= 15 is 0 Å². The SMILES string of the molecule is CCC(C)c1ccccc1OCC(=O)NNC(=O)C1CC1. The molecular formula is C16H22N2O3. The molecule has 1 fully saturated rings. The van der Waals surface area contributed by atoms with E-state index in [1.807, 2.05) is 24.3 Å². The fraction of sp³-hybridized carbons (Fsp3) is 0.500. The van der Waals surface area contributed by atoms with Crippen LogP contribution >= 0.6 is 0 Å². The second-order valence-electron chi connectivity index (χ2n) is 5.45. The van der Waals surface area contributed by atoms with Crippen molar-refractivity contribution < 1.29 is 14.3 Å². The Balaban J connectivity index is 1.81. The first kappa shape index (κ1) is 15.4. The quantitative estimate of drug-likeness (QED) is 0.789. The van der Waals surface area contributed by atoms with Crippen LogP contribution in [0.25, 0.3) is 0 Å². The number of hydrogen-bond donors (Lipinski definition) is 2. The van der Waals surface area contributed by atoms with Crippen molar-refractivity contribution in [1.29, 1.82) is 0 Å². The third-order valence-electron chi connectivity index (χ3n) is 3.69. The smallest absolute Gasteiger partial charge is 0.276 e. The molecule has 0 radical (unpaired) electrons. The van der Waals surface area contributed by atoms with Crippen molar-refractivity contribution in [3.05, 3.63) is 29.8 Å². The van der Waals surface area contributed by atoms with Gasteiger partial charge in [0.25, 0.3) is 5.91 Å². The van der Waals surface area contributed by atoms with E-state index in [4.69, 9.17) is 4.74 Å². The van der Waals surface area contributed by atoms with Gasteiger partial charge in [-0.2, -0.15) is 0 Å². The van der Waals surface area contributed by atoms with E-state index in [-0.39, 0.29) is 24.3 Å². The molecule has 21 heavy (non-hydrogen) atoms. The monoisotopic (exact) mass is 290 g/mol. The summed E-state index contributed by atoms with van der Waals surface area (Å²) in [5.74, 6) is 0.679. The normalized spacial score (nSPS) is 15.1. The van der Waals surface area contributed by atoms with Crippen molar-refractivity contribution in [2.45, 2.75) is 39.0 Å². The molecule has 1 atom stereocenters. The third-order valence-corrected chi connectivity index (χ3v) is 3.69. The van der Waals surface area contributed by atoms with E-state index in [2.05, 4.69) is 24.7 Å². The molecule has 2 N–H and O–H groups in total. The molecule has 114 valence electrons. The summed E-state index contributed by atoms with van der Waals surface area (Å²) in [6.07, 6.45) is 2.81. The van der Waals surface area contributed by atoms with Gasteiger partial charge in [0, 0.05) is 5.92 Å². The summed E-state index contributed by atoms with van der Waals surface area (Å²) in [5.41, 5.74) is 5.88. The van der Waals surface area contributed by atoms with Crippen LogP contribution in [-0.2, 0) is 9.59 Å². The minimum absolute atomic E-state index is 0.0670. The number of para-hydroxylation sites is 1. The number of benzene rings is 1. The van der Waals surface area contributed by atoms with E-state index in [9.17, 15) is 9.59 Å². The summed E-state index contributed by atoms with van der Waals surface area (Å²) in [6, 6.07) is 7.71. The Labute approximate surface area is 125 Å². The summed E-state index contributed by atoms with van der Waals surface area (Å²) >= 11 is 0. The fourth-order valence-corrected chi connectivity index (χ4v) is 2.00. The number of amides is 2. The average Bonchev–Trinajstić information content (AvgIpc) is 3.35. The number of hydrogen-bond acceptors (Lipinski definition) is 3. The van der Waals surface area contributed by atoms with Crippen LogP contribution < -0.4 is 15.6 Å². The van der Waals surface area contributed by atoms with Crippen LogP contribution in [0.1, 0.15) is 44.6 Å². The highest BCUT2D eigenvalue weighted by atomic mass is 16.5. The molecule has 0 spiro atoms. The lowest BCUT2D eigenvalue weighted by Crippen LogP contribution is -2.44. The van der Waals surface area contributed by atoms with Gasteiger partial charge in [-0.05, 0) is 36.8 Å². The highest BCUT2D eigenvalue weighted by molar-refractivity contribution is 5.85. The summed E-state index contributed by atoms with van der Waals surface area (Å²) < 4.78 is 5.57. The highest BCUT2D eigenvalue weighted by Gasteiger charge is 2.29. The average molecular weight is 290 g/mol. The molecule has 0 bridgehead atoms. The number of carbonyl (C=O) groups is 2. The van der Waals surface area contributed by atoms with E-state index in [1.54, 1.807) is 0 Å². The van der Waals surface area contributed by atoms with Crippen LogP contribution in [0, 0.1) is 5.92 Å². The minimum Gasteiger partial charge on any atom is -0.483 e. The lowest BCUT2D eigenvalue weighted by Gasteiger charge is -2.15. The second-order valence-corrected chi connectivity index (χ2v) is 5.45. The molecule has 2 rings (SSSR count). The van der Waals surface area contributed by atoms with Gasteiger partial charge in [-0.1, -0.05) is 32.0 Å². The zero-order chi connectivity index (χ0) is 15.2. The van der Waals surface area contributed by atoms with Crippen molar-refractivity contribution in [1.82, 2.24) is 10.9 Å². The van der Waals surface area contributed by atoms with Crippen LogP contribution in [0.15, 0.2) is 24.3 Å². The zero-order valence-electron chi connectivity index (χ0n) is 12.5. The van der Waals surface area contributed by atoms with Gasteiger partial charge < -0.3 is 4.74 Å². The molecule has 1 unspecified atom stereocenters. The van der Waals surface area contributed by atoms with Gasteiger partial charge in [0.05, 0.1) is 0 Å². The molecule has 1 saturated carbocycles. The van der Waals surface area contributed by atoms with Gasteiger partial charge in [-0.3, -0.25) is 20.4 Å². The third kappa shape index (κ3) is 4.48. The number of ether oxygens (including phenoxy) is 1. The lowest BCUT2D eigenvalue weighted by molar-refractivity contribution is -0.130. The maximum Gasteiger partial charge on any atom is 0.276 e. The maximum absolute atomic E-state index is 11.7. The van der Waals surface area contributed by atoms with Crippen LogP contribution in [0.2, 0.25) is 0 Å². The van der Waals surface area contributed by atoms with E-state index in [0.29, 0.717) is 5.92 Å². The Bertz CT molecular complexity index is 512. The van der Waals surface area contributed by atoms with Gasteiger partial charge in [-0.15, -0.1) is 0 Å². The zero-order valence-corrected chi connectivity index (χ0v) is 12.5. The van der Waals surface area contributed by atoms with Gasteiger partial charge in [0.15, 0.2) is 6.61 Å². The molecule has 5 nitrogen and oxygen atoms in total. The molecule has 5 heteroatoms. The van der Waals surface area contributed by atoms with Crippen molar-refractivity contribution >= 4 is 11.8 Å². The molecule has 0 saturated heterocycles. The van der Waals surface area contributed by atoms with Crippen molar-refractivity contribution in [3.63, 3.8) is 0 Å². The molecule has 1 aliphatic carbocycles. The Kier molecular flexibility index (Phi) is 5.20. The Hall–Kier alpha value is -2.04. The molecule has 1 aromatic carbocycles. The molecule has 0 heterocycles. The predicted molar refractivity (Wildman–Crippen MR) is 79.7 cm³/mol. The first-order valence-electron chi connectivity index (χ1n) is 7.42. The van der Waals surface area contributed by atoms with Crippen LogP contribution in [0.4, 0.5) is 0 Å². The van der Waals surface area contributed by atoms with E-state index in [0.717, 1.165) is 30.6 Å². The van der Waals surface area contributed by atoms with E-state index in [1.165, 1.54) is 0 Å². The van der Waals surface area contributed by atoms with Crippen LogP contribution in [0.5, 0.6) is 5.75 Å². The van der Waals surface area contributed by atoms with Gasteiger partial charge >= 0.3 is 0 Å². The van der Waals surface area contributed by atoms with Crippen molar-refractivity contribution in [2.75, 3.05) is 6.61 Å². The molecule has 2 amide bonds. The summed E-state index contributed by atoms with van der Waals surface area (Å²) in [4.78, 5) is 23.1.